The van der Waals surface area contributed by atoms with Crippen LogP contribution in [0.25, 0.3) is 32.7 Å². The molecule has 46 heavy (non-hydrogen) atoms. The molecule has 3 aromatic rings. The molecule has 0 radical (unpaired) electrons. The Labute approximate surface area is 258 Å². The molecule has 0 saturated heterocycles. The molecular weight excluding hydrogens is 666 g/mol. The number of hydrogen-bond acceptors (Lipinski definition) is 6. The lowest BCUT2D eigenvalue weighted by Gasteiger charge is -2.12. The molecule has 2 aliphatic carbocycles. The van der Waals surface area contributed by atoms with Gasteiger partial charge in [0.2, 0.25) is 0 Å². The van der Waals surface area contributed by atoms with Crippen molar-refractivity contribution in [3.63, 3.8) is 0 Å². The molecule has 3 aromatic carbocycles. The van der Waals surface area contributed by atoms with Crippen LogP contribution in [0.15, 0.2) is 97.1 Å². The number of halogens is 6. The molecule has 0 bridgehead atoms. The minimum Gasteiger partial charge on any atom is -0.741 e. The fourth-order valence-electron chi connectivity index (χ4n) is 4.27. The molecule has 0 aliphatic heterocycles. The van der Waals surface area contributed by atoms with Crippen LogP contribution in [-0.2, 0) is 29.1 Å². The van der Waals surface area contributed by atoms with Gasteiger partial charge in [0.15, 0.2) is 20.2 Å². The van der Waals surface area contributed by atoms with Crippen LogP contribution < -0.4 is 10.4 Å². The standard InChI is InChI=1S/C28H22O2.2CHF3O3S/c1-29-21-15-11-19(12-16-21)27-23-7-3-5-9-25(23)28(26-10-6-4-8-24(26)27)20-13-17-22(30-2)18-14-20;2*2-1(3,4)8(5,6)7/h3-18H,1-2H3;2*(H,5,6,7)/q+2;;/p-2. The van der Waals surface area contributed by atoms with Gasteiger partial charge in [0.1, 0.15) is 0 Å². The summed E-state index contributed by atoms with van der Waals surface area (Å²) in [6.07, 6.45) is 16.7. The zero-order valence-electron chi connectivity index (χ0n) is 23.6. The lowest BCUT2D eigenvalue weighted by Crippen LogP contribution is -2.21. The first kappa shape index (κ1) is 36.1. The monoisotopic (exact) mass is 688 g/mol. The van der Waals surface area contributed by atoms with Crippen LogP contribution in [0.1, 0.15) is 0 Å². The summed E-state index contributed by atoms with van der Waals surface area (Å²) >= 11 is 0. The van der Waals surface area contributed by atoms with Crippen LogP contribution in [-0.4, -0.2) is 62.7 Å². The first-order chi connectivity index (χ1) is 21.3. The molecular formula is C30H22F6O8S2. The molecule has 0 amide bonds. The van der Waals surface area contributed by atoms with Crippen molar-refractivity contribution in [3.05, 3.63) is 108 Å². The number of allylic oxidation sites excluding steroid dienone is 8. The molecule has 0 atom stereocenters. The van der Waals surface area contributed by atoms with Crippen LogP contribution in [0.4, 0.5) is 26.3 Å². The minimum absolute atomic E-state index is 0.863. The number of rotatable bonds is 0. The van der Waals surface area contributed by atoms with Crippen LogP contribution in [0.5, 0.6) is 0 Å². The van der Waals surface area contributed by atoms with Gasteiger partial charge in [-0.3, -0.25) is 8.85 Å². The summed E-state index contributed by atoms with van der Waals surface area (Å²) in [5.74, 6) is 1.73. The van der Waals surface area contributed by atoms with E-state index in [1.54, 1.807) is 14.2 Å². The molecule has 0 spiro atoms. The van der Waals surface area contributed by atoms with E-state index >= 15 is 0 Å². The zero-order valence-corrected chi connectivity index (χ0v) is 25.2. The maximum Gasteiger partial charge on any atom is 0.485 e. The van der Waals surface area contributed by atoms with E-state index in [9.17, 15) is 26.3 Å². The first-order valence-electron chi connectivity index (χ1n) is 12.6. The Hall–Kier alpha value is -4.38. The summed E-state index contributed by atoms with van der Waals surface area (Å²) < 4.78 is 129. The minimum atomic E-state index is -6.09. The quantitative estimate of drug-likeness (QED) is 0.115. The Morgan fingerprint density at radius 2 is 0.717 bits per heavy atom. The second-order valence-corrected chi connectivity index (χ2v) is 11.8. The Kier molecular flexibility index (Phi) is 10.9. The van der Waals surface area contributed by atoms with Gasteiger partial charge in [0, 0.05) is 24.3 Å². The Morgan fingerprint density at radius 1 is 0.500 bits per heavy atom. The van der Waals surface area contributed by atoms with Crippen molar-refractivity contribution in [2.75, 3.05) is 14.2 Å². The van der Waals surface area contributed by atoms with E-state index in [0.717, 1.165) is 11.6 Å². The van der Waals surface area contributed by atoms with E-state index in [0.29, 0.717) is 0 Å². The van der Waals surface area contributed by atoms with Crippen molar-refractivity contribution in [3.8, 4) is 0 Å². The summed E-state index contributed by atoms with van der Waals surface area (Å²) in [6, 6.07) is 17.3. The fourth-order valence-corrected chi connectivity index (χ4v) is 4.27. The Morgan fingerprint density at radius 3 is 0.891 bits per heavy atom. The third kappa shape index (κ3) is 8.45. The normalized spacial score (nSPS) is 15.0. The molecule has 244 valence electrons. The van der Waals surface area contributed by atoms with Crippen LogP contribution in [0.3, 0.4) is 0 Å². The second kappa shape index (κ2) is 13.9. The molecule has 5 rings (SSSR count). The molecule has 0 saturated carbocycles. The number of fused-ring (bicyclic) bond motifs is 2. The van der Waals surface area contributed by atoms with E-state index in [1.807, 2.05) is 24.3 Å². The predicted molar refractivity (Wildman–Crippen MR) is 157 cm³/mol. The van der Waals surface area contributed by atoms with Crippen molar-refractivity contribution >= 4 is 64.5 Å². The Bertz CT molecular complexity index is 1930. The van der Waals surface area contributed by atoms with Gasteiger partial charge in [-0.15, -0.1) is 0 Å². The van der Waals surface area contributed by atoms with E-state index in [1.165, 1.54) is 43.1 Å². The van der Waals surface area contributed by atoms with Gasteiger partial charge in [-0.1, -0.05) is 48.5 Å². The van der Waals surface area contributed by atoms with Gasteiger partial charge in [-0.2, -0.15) is 26.3 Å². The number of ketones is 2. The maximum absolute atomic E-state index is 10.7. The van der Waals surface area contributed by atoms with Gasteiger partial charge >= 0.3 is 22.6 Å². The molecule has 0 fully saturated rings. The maximum atomic E-state index is 10.7. The Balaban J connectivity index is 0.000000299. The van der Waals surface area contributed by atoms with E-state index < -0.39 is 31.3 Å². The fraction of sp³-hybridized carbons (Fsp3) is 0.133. The summed E-state index contributed by atoms with van der Waals surface area (Å²) in [5.41, 5.74) is -8.92. The molecule has 0 heterocycles. The van der Waals surface area contributed by atoms with E-state index in [-0.39, 0.29) is 0 Å². The highest BCUT2D eigenvalue weighted by molar-refractivity contribution is 7.86. The molecule has 16 heteroatoms. The van der Waals surface area contributed by atoms with Crippen molar-refractivity contribution in [2.24, 2.45) is 0 Å². The average molecular weight is 689 g/mol. The predicted octanol–water partition coefficient (Wildman–Crippen LogP) is 4.12. The highest BCUT2D eigenvalue weighted by Gasteiger charge is 2.37. The lowest BCUT2D eigenvalue weighted by atomic mass is 9.91. The average Bonchev–Trinajstić information content (AvgIpc) is 2.98. The molecule has 0 unspecified atom stereocenters. The third-order valence-electron chi connectivity index (χ3n) is 6.26. The van der Waals surface area contributed by atoms with Gasteiger partial charge in [0.25, 0.3) is 14.2 Å². The number of alkyl halides is 6. The highest BCUT2D eigenvalue weighted by atomic mass is 32.2. The number of hydrogen-bond donors (Lipinski definition) is 0. The van der Waals surface area contributed by atoms with Crippen LogP contribution >= 0.6 is 0 Å². The lowest BCUT2D eigenvalue weighted by molar-refractivity contribution is -0.418. The van der Waals surface area contributed by atoms with E-state index in [2.05, 4.69) is 72.8 Å². The van der Waals surface area contributed by atoms with Gasteiger partial charge < -0.3 is 9.11 Å². The summed E-state index contributed by atoms with van der Waals surface area (Å²) in [4.78, 5) is 0. The first-order valence-corrected chi connectivity index (χ1v) is 15.4. The van der Waals surface area contributed by atoms with Crippen molar-refractivity contribution < 1.29 is 61.1 Å². The van der Waals surface area contributed by atoms with Crippen molar-refractivity contribution in [1.29, 1.82) is 0 Å². The summed E-state index contributed by atoms with van der Waals surface area (Å²) in [7, 11) is -8.78. The van der Waals surface area contributed by atoms with Gasteiger partial charge in [-0.25, -0.2) is 16.8 Å². The smallest absolute Gasteiger partial charge is 0.485 e. The van der Waals surface area contributed by atoms with Gasteiger partial charge in [-0.05, 0) is 67.4 Å². The topological polar surface area (TPSA) is 137 Å². The van der Waals surface area contributed by atoms with Crippen molar-refractivity contribution in [1.82, 2.24) is 0 Å². The number of carbonyl (C=O) groups excluding carboxylic acids is 2. The second-order valence-electron chi connectivity index (χ2n) is 9.10. The molecule has 8 nitrogen and oxygen atoms in total. The van der Waals surface area contributed by atoms with Crippen LogP contribution in [0, 0.1) is 0 Å². The third-order valence-corrected chi connectivity index (χ3v) is 7.39. The SMILES string of the molecule is C[O+]=C1C=CC(=c2c3ccccc3c(=C3C=CC(=[O+]C)C=C3)c3ccccc23)C=C1.O=S(=O)([O-])C(F)(F)F.O=S(=O)([O-])C(F)(F)F. The van der Waals surface area contributed by atoms with Gasteiger partial charge in [0.05, 0.1) is 0 Å². The summed E-state index contributed by atoms with van der Waals surface area (Å²) in [6.45, 7) is 0. The molecule has 0 N–H and O–H groups in total. The largest absolute Gasteiger partial charge is 0.741 e. The number of benzene rings is 3. The van der Waals surface area contributed by atoms with E-state index in [4.69, 9.17) is 34.8 Å². The zero-order chi connectivity index (χ0) is 34.5. The van der Waals surface area contributed by atoms with Crippen LogP contribution in [0.2, 0.25) is 0 Å². The molecule has 0 aromatic heterocycles. The summed E-state index contributed by atoms with van der Waals surface area (Å²) in [5, 5.41) is 7.47. The highest BCUT2D eigenvalue weighted by Crippen LogP contribution is 2.22. The van der Waals surface area contributed by atoms with Crippen molar-refractivity contribution in [2.45, 2.75) is 11.0 Å². The molecule has 2 aliphatic rings.